The highest BCUT2D eigenvalue weighted by Crippen LogP contribution is 2.54. The van der Waals surface area contributed by atoms with Gasteiger partial charge >= 0.3 is 0 Å². The molecule has 0 radical (unpaired) electrons. The smallest absolute Gasteiger partial charge is 0.181 e. The monoisotopic (exact) mass is 460 g/mol. The van der Waals surface area contributed by atoms with Crippen molar-refractivity contribution >= 4 is 24.0 Å². The lowest BCUT2D eigenvalue weighted by molar-refractivity contribution is -0.537. The maximum absolute atomic E-state index is 14.2. The van der Waals surface area contributed by atoms with Gasteiger partial charge in [-0.1, -0.05) is 48.5 Å². The molecule has 4 rings (SSSR count). The van der Waals surface area contributed by atoms with Gasteiger partial charge in [0.2, 0.25) is 0 Å². The van der Waals surface area contributed by atoms with E-state index in [1.165, 1.54) is 12.4 Å². The van der Waals surface area contributed by atoms with Crippen LogP contribution in [0.15, 0.2) is 48.5 Å². The Morgan fingerprint density at radius 1 is 0.676 bits per heavy atom. The zero-order valence-electron chi connectivity index (χ0n) is 20.7. The van der Waals surface area contributed by atoms with Crippen LogP contribution in [-0.4, -0.2) is 44.6 Å². The Kier molecular flexibility index (Phi) is 5.35. The van der Waals surface area contributed by atoms with E-state index in [2.05, 4.69) is 0 Å². The van der Waals surface area contributed by atoms with Crippen molar-refractivity contribution in [2.45, 2.75) is 65.5 Å². The first-order valence-corrected chi connectivity index (χ1v) is 11.6. The standard InChI is InChI=1S/C28H32N2O4/c1-25(2,3)29(33)17-27(15-19-11-7-9-13-21(19)23(27)31)28(18-30(34)26(4,5)6)16-20-12-8-10-14-22(20)24(28)32/h7-14,17-18H,15-16H2,1-6H3/t27-,28+. The Bertz CT molecular complexity index is 1150. The lowest BCUT2D eigenvalue weighted by Crippen LogP contribution is -2.56. The van der Waals surface area contributed by atoms with Crippen molar-refractivity contribution in [2.24, 2.45) is 10.8 Å². The fraction of sp³-hybridized carbons (Fsp3) is 0.429. The van der Waals surface area contributed by atoms with E-state index in [0.29, 0.717) is 11.1 Å². The lowest BCUT2D eigenvalue weighted by Gasteiger charge is -2.38. The van der Waals surface area contributed by atoms with Gasteiger partial charge in [0, 0.05) is 52.7 Å². The first-order chi connectivity index (χ1) is 15.7. The van der Waals surface area contributed by atoms with E-state index in [4.69, 9.17) is 0 Å². The van der Waals surface area contributed by atoms with E-state index >= 15 is 0 Å². The molecule has 0 bridgehead atoms. The van der Waals surface area contributed by atoms with Crippen LogP contribution in [0.3, 0.4) is 0 Å². The average Bonchev–Trinajstić information content (AvgIpc) is 3.20. The van der Waals surface area contributed by atoms with Crippen molar-refractivity contribution in [2.75, 3.05) is 0 Å². The van der Waals surface area contributed by atoms with Gasteiger partial charge in [-0.3, -0.25) is 9.59 Å². The number of hydroxylamine groups is 2. The van der Waals surface area contributed by atoms with Gasteiger partial charge in [-0.2, -0.15) is 0 Å². The van der Waals surface area contributed by atoms with Crippen LogP contribution in [0.5, 0.6) is 0 Å². The predicted octanol–water partition coefficient (Wildman–Crippen LogP) is 4.60. The summed E-state index contributed by atoms with van der Waals surface area (Å²) >= 11 is 0. The third-order valence-electron chi connectivity index (χ3n) is 7.07. The molecule has 6 nitrogen and oxygen atoms in total. The molecule has 6 heteroatoms. The molecule has 0 heterocycles. The maximum Gasteiger partial charge on any atom is 0.181 e. The molecule has 2 aromatic rings. The number of hydrogen-bond acceptors (Lipinski definition) is 4. The number of hydrogen-bond donors (Lipinski definition) is 0. The van der Waals surface area contributed by atoms with E-state index in [9.17, 15) is 20.0 Å². The highest BCUT2D eigenvalue weighted by molar-refractivity contribution is 6.24. The predicted molar refractivity (Wildman–Crippen MR) is 133 cm³/mol. The fourth-order valence-electron chi connectivity index (χ4n) is 4.98. The number of Topliss-reactive ketones (excluding diaryl/α,β-unsaturated/α-hetero) is 2. The zero-order valence-corrected chi connectivity index (χ0v) is 20.7. The molecule has 0 aromatic heterocycles. The van der Waals surface area contributed by atoms with Crippen molar-refractivity contribution in [3.05, 3.63) is 81.2 Å². The molecule has 2 aliphatic rings. The Morgan fingerprint density at radius 3 is 1.29 bits per heavy atom. The van der Waals surface area contributed by atoms with Crippen molar-refractivity contribution in [1.29, 1.82) is 0 Å². The second-order valence-corrected chi connectivity index (χ2v) is 11.5. The van der Waals surface area contributed by atoms with Crippen molar-refractivity contribution in [1.82, 2.24) is 0 Å². The van der Waals surface area contributed by atoms with Crippen LogP contribution < -0.4 is 0 Å². The number of rotatable bonds is 3. The molecular weight excluding hydrogens is 428 g/mol. The normalized spacial score (nSPS) is 25.5. The molecule has 0 N–H and O–H groups in total. The number of benzene rings is 2. The Balaban J connectivity index is 2.09. The minimum Gasteiger partial charge on any atom is -0.624 e. The molecule has 2 aliphatic carbocycles. The minimum atomic E-state index is -1.53. The highest BCUT2D eigenvalue weighted by Gasteiger charge is 2.68. The summed E-state index contributed by atoms with van der Waals surface area (Å²) in [6.45, 7) is 10.5. The molecule has 0 saturated heterocycles. The molecule has 0 fully saturated rings. The molecule has 0 unspecified atom stereocenters. The van der Waals surface area contributed by atoms with E-state index in [1.54, 1.807) is 65.8 Å². The van der Waals surface area contributed by atoms with E-state index in [1.807, 2.05) is 24.3 Å². The van der Waals surface area contributed by atoms with Gasteiger partial charge in [0.25, 0.3) is 0 Å². The molecule has 0 aliphatic heterocycles. The van der Waals surface area contributed by atoms with E-state index in [-0.39, 0.29) is 24.4 Å². The van der Waals surface area contributed by atoms with Crippen molar-refractivity contribution in [3.63, 3.8) is 0 Å². The lowest BCUT2D eigenvalue weighted by atomic mass is 9.59. The second-order valence-electron chi connectivity index (χ2n) is 11.5. The second kappa shape index (κ2) is 7.62. The number of nitrogens with zero attached hydrogens (tertiary/aromatic N) is 2. The zero-order chi connectivity index (χ0) is 25.1. The molecule has 178 valence electrons. The SMILES string of the molecule is CC(C)(C)[N+]([O-])=C[C@]1([C@]2(C=[N+]([O-])C(C)(C)C)Cc3ccccc3C2=O)Cc2ccccc2C1=O. The summed E-state index contributed by atoms with van der Waals surface area (Å²) in [5.74, 6) is -0.596. The summed E-state index contributed by atoms with van der Waals surface area (Å²) < 4.78 is 1.55. The van der Waals surface area contributed by atoms with Gasteiger partial charge in [-0.05, 0) is 24.0 Å². The van der Waals surface area contributed by atoms with Gasteiger partial charge in [0.15, 0.2) is 35.1 Å². The van der Waals surface area contributed by atoms with Gasteiger partial charge < -0.3 is 10.4 Å². The summed E-state index contributed by atoms with van der Waals surface area (Å²) in [4.78, 5) is 28.4. The van der Waals surface area contributed by atoms with Crippen molar-refractivity contribution < 1.29 is 19.1 Å². The first-order valence-electron chi connectivity index (χ1n) is 11.6. The van der Waals surface area contributed by atoms with Crippen LogP contribution >= 0.6 is 0 Å². The summed E-state index contributed by atoms with van der Waals surface area (Å²) in [5, 5.41) is 26.8. The molecule has 0 amide bonds. The Hall–Kier alpha value is -3.28. The van der Waals surface area contributed by atoms with Crippen LogP contribution in [0.2, 0.25) is 0 Å². The summed E-state index contributed by atoms with van der Waals surface area (Å²) in [6, 6.07) is 14.4. The summed E-state index contributed by atoms with van der Waals surface area (Å²) in [6.07, 6.45) is 3.11. The Labute approximate surface area is 200 Å². The molecule has 2 atom stereocenters. The highest BCUT2D eigenvalue weighted by atomic mass is 16.5. The maximum atomic E-state index is 14.2. The number of fused-ring (bicyclic) bond motifs is 2. The third-order valence-corrected chi connectivity index (χ3v) is 7.07. The van der Waals surface area contributed by atoms with E-state index in [0.717, 1.165) is 20.6 Å². The number of carbonyl (C=O) groups excluding carboxylic acids is 2. The van der Waals surface area contributed by atoms with Crippen LogP contribution in [0.1, 0.15) is 73.4 Å². The first kappa shape index (κ1) is 23.9. The molecule has 0 spiro atoms. The van der Waals surface area contributed by atoms with Crippen LogP contribution in [-0.2, 0) is 12.8 Å². The number of ketones is 2. The van der Waals surface area contributed by atoms with Crippen molar-refractivity contribution in [3.8, 4) is 0 Å². The quantitative estimate of drug-likeness (QED) is 0.290. The molecular formula is C28H32N2O4. The van der Waals surface area contributed by atoms with Gasteiger partial charge in [0.1, 0.15) is 10.8 Å². The fourth-order valence-corrected chi connectivity index (χ4v) is 4.98. The number of carbonyl (C=O) groups is 2. The van der Waals surface area contributed by atoms with Gasteiger partial charge in [-0.25, -0.2) is 9.48 Å². The summed E-state index contributed by atoms with van der Waals surface area (Å²) in [5.41, 5.74) is -2.20. The summed E-state index contributed by atoms with van der Waals surface area (Å²) in [7, 11) is 0. The van der Waals surface area contributed by atoms with Crippen LogP contribution in [0.4, 0.5) is 0 Å². The minimum absolute atomic E-state index is 0.172. The Morgan fingerprint density at radius 2 is 1.00 bits per heavy atom. The van der Waals surface area contributed by atoms with E-state index < -0.39 is 21.9 Å². The molecule has 34 heavy (non-hydrogen) atoms. The topological polar surface area (TPSA) is 86.3 Å². The van der Waals surface area contributed by atoms with Gasteiger partial charge in [-0.15, -0.1) is 0 Å². The molecule has 0 saturated carbocycles. The largest absolute Gasteiger partial charge is 0.624 e. The van der Waals surface area contributed by atoms with Gasteiger partial charge in [0.05, 0.1) is 0 Å². The average molecular weight is 461 g/mol. The van der Waals surface area contributed by atoms with Crippen LogP contribution in [0, 0.1) is 21.2 Å². The van der Waals surface area contributed by atoms with Crippen LogP contribution in [0.25, 0.3) is 0 Å². The molecule has 2 aromatic carbocycles. The third kappa shape index (κ3) is 3.47.